The van der Waals surface area contributed by atoms with Gasteiger partial charge in [-0.05, 0) is 24.3 Å². The summed E-state index contributed by atoms with van der Waals surface area (Å²) in [5, 5.41) is 8.42. The van der Waals surface area contributed by atoms with Crippen molar-refractivity contribution in [2.75, 3.05) is 19.8 Å². The van der Waals surface area contributed by atoms with E-state index in [4.69, 9.17) is 19.3 Å². The molecule has 2 aromatic carbocycles. The molecule has 0 amide bonds. The molecule has 0 radical (unpaired) electrons. The number of aryl methyl sites for hydroxylation is 1. The fourth-order valence-electron chi connectivity index (χ4n) is 4.01. The number of hydrogen-bond acceptors (Lipinski definition) is 5. The van der Waals surface area contributed by atoms with Gasteiger partial charge in [-0.15, -0.1) is 0 Å². The molecule has 0 bridgehead atoms. The second-order valence-corrected chi connectivity index (χ2v) is 7.50. The third-order valence-electron chi connectivity index (χ3n) is 5.42. The Morgan fingerprint density at radius 2 is 1.83 bits per heavy atom. The first-order chi connectivity index (χ1) is 14.3. The molecule has 0 saturated heterocycles. The predicted molar refractivity (Wildman–Crippen MR) is 110 cm³/mol. The van der Waals surface area contributed by atoms with Crippen molar-refractivity contribution in [2.24, 2.45) is 7.05 Å². The smallest absolute Gasteiger partial charge is 0.161 e. The Balaban J connectivity index is 1.39. The number of hydrogen-bond donors (Lipinski definition) is 1. The highest BCUT2D eigenvalue weighted by Crippen LogP contribution is 2.35. The summed E-state index contributed by atoms with van der Waals surface area (Å²) in [5.74, 6) is 2.58. The number of fused-ring (bicyclic) bond motifs is 2. The van der Waals surface area contributed by atoms with Crippen molar-refractivity contribution in [3.05, 3.63) is 59.8 Å². The summed E-state index contributed by atoms with van der Waals surface area (Å²) in [7, 11) is 1.96. The predicted octanol–water partition coefficient (Wildman–Crippen LogP) is 3.86. The first-order valence-electron chi connectivity index (χ1n) is 10.2. The Bertz CT molecular complexity index is 1010. The number of nitrogens with one attached hydrogen (secondary N) is 1. The van der Waals surface area contributed by atoms with Crippen molar-refractivity contribution < 1.29 is 14.2 Å². The second-order valence-electron chi connectivity index (χ2n) is 7.50. The van der Waals surface area contributed by atoms with E-state index in [1.807, 2.05) is 36.0 Å². The number of nitrogens with zero attached hydrogens (tertiary/aromatic N) is 2. The summed E-state index contributed by atoms with van der Waals surface area (Å²) in [6.07, 6.45) is 3.93. The third-order valence-corrected chi connectivity index (χ3v) is 5.42. The molecule has 5 rings (SSSR count). The van der Waals surface area contributed by atoms with Crippen LogP contribution in [0.1, 0.15) is 30.0 Å². The van der Waals surface area contributed by atoms with E-state index in [0.717, 1.165) is 60.1 Å². The molecule has 1 aromatic heterocycles. The number of rotatable bonds is 4. The Morgan fingerprint density at radius 3 is 2.76 bits per heavy atom. The maximum atomic E-state index is 5.86. The molecule has 1 atom stereocenters. The average molecular weight is 391 g/mol. The summed E-state index contributed by atoms with van der Waals surface area (Å²) < 4.78 is 19.3. The third kappa shape index (κ3) is 3.68. The van der Waals surface area contributed by atoms with E-state index in [-0.39, 0.29) is 6.04 Å². The fraction of sp³-hybridized carbons (Fsp3) is 0.348. The number of ether oxygens (including phenoxy) is 3. The minimum atomic E-state index is 0.275. The standard InChI is InChI=1S/C23H25N3O3/c1-26-15-17(14-24-19-9-12-29-20-6-3-2-5-18(19)20)23(25-26)16-7-8-21-22(13-16)28-11-4-10-27-21/h2-3,5-8,13,15,19,24H,4,9-12,14H2,1H3. The van der Waals surface area contributed by atoms with Gasteiger partial charge in [-0.2, -0.15) is 5.10 Å². The molecule has 0 spiro atoms. The van der Waals surface area contributed by atoms with Crippen LogP contribution in [0.3, 0.4) is 0 Å². The normalized spacial score (nSPS) is 17.9. The van der Waals surface area contributed by atoms with Crippen LogP contribution in [-0.2, 0) is 13.6 Å². The fourth-order valence-corrected chi connectivity index (χ4v) is 4.01. The molecule has 6 nitrogen and oxygen atoms in total. The van der Waals surface area contributed by atoms with E-state index in [0.29, 0.717) is 13.2 Å². The monoisotopic (exact) mass is 391 g/mol. The largest absolute Gasteiger partial charge is 0.493 e. The molecule has 6 heteroatoms. The van der Waals surface area contributed by atoms with Crippen LogP contribution in [0.2, 0.25) is 0 Å². The van der Waals surface area contributed by atoms with Crippen molar-refractivity contribution in [1.82, 2.24) is 15.1 Å². The maximum Gasteiger partial charge on any atom is 0.161 e. The van der Waals surface area contributed by atoms with Gasteiger partial charge in [-0.25, -0.2) is 0 Å². The quantitative estimate of drug-likeness (QED) is 0.732. The highest BCUT2D eigenvalue weighted by atomic mass is 16.5. The Hall–Kier alpha value is -2.99. The Kier molecular flexibility index (Phi) is 4.86. The molecule has 150 valence electrons. The van der Waals surface area contributed by atoms with Crippen LogP contribution in [0.5, 0.6) is 17.2 Å². The van der Waals surface area contributed by atoms with Crippen LogP contribution in [0, 0.1) is 0 Å². The van der Waals surface area contributed by atoms with E-state index in [1.54, 1.807) is 0 Å². The maximum absolute atomic E-state index is 5.86. The summed E-state index contributed by atoms with van der Waals surface area (Å²) in [6.45, 7) is 2.83. The lowest BCUT2D eigenvalue weighted by atomic mass is 10.00. The molecule has 29 heavy (non-hydrogen) atoms. The number of aromatic nitrogens is 2. The number of para-hydroxylation sites is 1. The van der Waals surface area contributed by atoms with Crippen LogP contribution >= 0.6 is 0 Å². The van der Waals surface area contributed by atoms with Gasteiger partial charge in [0.25, 0.3) is 0 Å². The SMILES string of the molecule is Cn1cc(CNC2CCOc3ccccc32)c(-c2ccc3c(c2)OCCCO3)n1. The van der Waals surface area contributed by atoms with Crippen LogP contribution in [0.15, 0.2) is 48.7 Å². The lowest BCUT2D eigenvalue weighted by molar-refractivity contribution is 0.252. The molecule has 1 unspecified atom stereocenters. The second kappa shape index (κ2) is 7.79. The van der Waals surface area contributed by atoms with Gasteiger partial charge in [-0.1, -0.05) is 18.2 Å². The first kappa shape index (κ1) is 18.1. The highest BCUT2D eigenvalue weighted by molar-refractivity contribution is 5.66. The molecule has 3 aromatic rings. The van der Waals surface area contributed by atoms with Crippen molar-refractivity contribution in [1.29, 1.82) is 0 Å². The molecule has 0 fully saturated rings. The van der Waals surface area contributed by atoms with Crippen molar-refractivity contribution in [3.63, 3.8) is 0 Å². The highest BCUT2D eigenvalue weighted by Gasteiger charge is 2.22. The molecular weight excluding hydrogens is 366 g/mol. The molecule has 3 heterocycles. The zero-order valence-electron chi connectivity index (χ0n) is 16.6. The van der Waals surface area contributed by atoms with Crippen molar-refractivity contribution in [2.45, 2.75) is 25.4 Å². The minimum Gasteiger partial charge on any atom is -0.493 e. The summed E-state index contributed by atoms with van der Waals surface area (Å²) in [4.78, 5) is 0. The van der Waals surface area contributed by atoms with E-state index >= 15 is 0 Å². The van der Waals surface area contributed by atoms with Crippen molar-refractivity contribution in [3.8, 4) is 28.5 Å². The lowest BCUT2D eigenvalue weighted by Crippen LogP contribution is -2.26. The van der Waals surface area contributed by atoms with E-state index in [1.165, 1.54) is 5.56 Å². The van der Waals surface area contributed by atoms with Gasteiger partial charge in [0.1, 0.15) is 5.75 Å². The van der Waals surface area contributed by atoms with Crippen LogP contribution in [0.4, 0.5) is 0 Å². The summed E-state index contributed by atoms with van der Waals surface area (Å²) >= 11 is 0. The van der Waals surface area contributed by atoms with Crippen molar-refractivity contribution >= 4 is 0 Å². The van der Waals surface area contributed by atoms with Crippen LogP contribution in [0.25, 0.3) is 11.3 Å². The first-order valence-corrected chi connectivity index (χ1v) is 10.2. The molecule has 2 aliphatic rings. The van der Waals surface area contributed by atoms with Crippen LogP contribution < -0.4 is 19.5 Å². The number of benzene rings is 2. The van der Waals surface area contributed by atoms with Gasteiger partial charge in [-0.3, -0.25) is 4.68 Å². The molecule has 1 N–H and O–H groups in total. The molecule has 2 aliphatic heterocycles. The topological polar surface area (TPSA) is 57.5 Å². The van der Waals surface area contributed by atoms with Gasteiger partial charge in [0.2, 0.25) is 0 Å². The van der Waals surface area contributed by atoms with Gasteiger partial charge >= 0.3 is 0 Å². The molecule has 0 aliphatic carbocycles. The molecule has 0 saturated carbocycles. The lowest BCUT2D eigenvalue weighted by Gasteiger charge is -2.26. The summed E-state index contributed by atoms with van der Waals surface area (Å²) in [6, 6.07) is 14.6. The minimum absolute atomic E-state index is 0.275. The van der Waals surface area contributed by atoms with E-state index in [9.17, 15) is 0 Å². The summed E-state index contributed by atoms with van der Waals surface area (Å²) in [5.41, 5.74) is 4.39. The van der Waals surface area contributed by atoms with Gasteiger partial charge in [0, 0.05) is 55.4 Å². The van der Waals surface area contributed by atoms with E-state index < -0.39 is 0 Å². The van der Waals surface area contributed by atoms with E-state index in [2.05, 4.69) is 29.7 Å². The zero-order valence-corrected chi connectivity index (χ0v) is 16.6. The van der Waals surface area contributed by atoms with Gasteiger partial charge < -0.3 is 19.5 Å². The Labute approximate surface area is 170 Å². The van der Waals surface area contributed by atoms with Crippen LogP contribution in [-0.4, -0.2) is 29.6 Å². The van der Waals surface area contributed by atoms with Gasteiger partial charge in [0.05, 0.1) is 25.5 Å². The Morgan fingerprint density at radius 1 is 1.00 bits per heavy atom. The average Bonchev–Trinajstić information content (AvgIpc) is 2.97. The molecular formula is C23H25N3O3. The zero-order chi connectivity index (χ0) is 19.6. The van der Waals surface area contributed by atoms with Gasteiger partial charge in [0.15, 0.2) is 11.5 Å².